The lowest BCUT2D eigenvalue weighted by molar-refractivity contribution is 1.02. The first-order chi connectivity index (χ1) is 6.74. The molecule has 0 radical (unpaired) electrons. The Morgan fingerprint density at radius 2 is 1.87 bits per heavy atom. The van der Waals surface area contributed by atoms with Crippen molar-refractivity contribution in [3.63, 3.8) is 0 Å². The number of rotatable bonds is 1. The second-order valence-corrected chi connectivity index (χ2v) is 3.31. The van der Waals surface area contributed by atoms with Crippen LogP contribution in [0.15, 0.2) is 29.1 Å². The summed E-state index contributed by atoms with van der Waals surface area (Å²) in [5, 5.41) is 2.02. The average molecular weight is 225 g/mol. The van der Waals surface area contributed by atoms with Gasteiger partial charge in [-0.05, 0) is 12.3 Å². The molecular weight excluding hydrogens is 212 g/mol. The molecule has 2 aromatic rings. The SMILES string of the molecule is Cc1[nH]c(=O)c(CN)c2ccccc12.Cl. The average Bonchev–Trinajstić information content (AvgIpc) is 2.18. The predicted octanol–water partition coefficient (Wildman–Crippen LogP) is 1.72. The predicted molar refractivity (Wildman–Crippen MR) is 64.4 cm³/mol. The van der Waals surface area contributed by atoms with Crippen LogP contribution in [0.1, 0.15) is 11.3 Å². The zero-order valence-corrected chi connectivity index (χ0v) is 9.23. The molecule has 1 aromatic heterocycles. The number of aromatic nitrogens is 1. The van der Waals surface area contributed by atoms with Gasteiger partial charge in [0.1, 0.15) is 0 Å². The van der Waals surface area contributed by atoms with Gasteiger partial charge in [0.2, 0.25) is 0 Å². The Bertz CT molecular complexity index is 534. The van der Waals surface area contributed by atoms with E-state index in [1.807, 2.05) is 31.2 Å². The van der Waals surface area contributed by atoms with E-state index < -0.39 is 0 Å². The van der Waals surface area contributed by atoms with Crippen LogP contribution in [0, 0.1) is 6.92 Å². The van der Waals surface area contributed by atoms with Crippen LogP contribution in [0.3, 0.4) is 0 Å². The molecule has 2 rings (SSSR count). The van der Waals surface area contributed by atoms with Gasteiger partial charge in [0.25, 0.3) is 5.56 Å². The number of aromatic amines is 1. The van der Waals surface area contributed by atoms with Crippen LogP contribution in [0.4, 0.5) is 0 Å². The molecule has 1 heterocycles. The van der Waals surface area contributed by atoms with Crippen LogP contribution in [-0.2, 0) is 6.54 Å². The maximum Gasteiger partial charge on any atom is 0.253 e. The van der Waals surface area contributed by atoms with E-state index in [0.29, 0.717) is 5.56 Å². The minimum Gasteiger partial charge on any atom is -0.326 e. The monoisotopic (exact) mass is 224 g/mol. The molecular formula is C11H13ClN2O. The first-order valence-electron chi connectivity index (χ1n) is 4.54. The number of aryl methyl sites for hydroxylation is 1. The van der Waals surface area contributed by atoms with E-state index in [2.05, 4.69) is 4.98 Å². The zero-order valence-electron chi connectivity index (χ0n) is 8.41. The summed E-state index contributed by atoms with van der Waals surface area (Å²) in [6.07, 6.45) is 0. The molecule has 0 unspecified atom stereocenters. The number of halogens is 1. The van der Waals surface area contributed by atoms with Gasteiger partial charge in [0.05, 0.1) is 0 Å². The summed E-state index contributed by atoms with van der Waals surface area (Å²) in [6, 6.07) is 7.79. The molecule has 3 N–H and O–H groups in total. The lowest BCUT2D eigenvalue weighted by Gasteiger charge is -2.05. The van der Waals surface area contributed by atoms with Gasteiger partial charge in [-0.15, -0.1) is 12.4 Å². The van der Waals surface area contributed by atoms with Crippen LogP contribution in [-0.4, -0.2) is 4.98 Å². The topological polar surface area (TPSA) is 58.9 Å². The number of pyridine rings is 1. The van der Waals surface area contributed by atoms with Gasteiger partial charge in [0.15, 0.2) is 0 Å². The number of hydrogen-bond acceptors (Lipinski definition) is 2. The first-order valence-corrected chi connectivity index (χ1v) is 4.54. The van der Waals surface area contributed by atoms with Gasteiger partial charge in [0, 0.05) is 23.2 Å². The van der Waals surface area contributed by atoms with Crippen LogP contribution >= 0.6 is 12.4 Å². The normalized spacial score (nSPS) is 10.0. The molecule has 0 aliphatic heterocycles. The smallest absolute Gasteiger partial charge is 0.253 e. The molecule has 15 heavy (non-hydrogen) atoms. The third-order valence-electron chi connectivity index (χ3n) is 2.44. The molecule has 0 amide bonds. The lowest BCUT2D eigenvalue weighted by atomic mass is 10.1. The Kier molecular flexibility index (Phi) is 3.50. The standard InChI is InChI=1S/C11H12N2O.ClH/c1-7-8-4-2-3-5-9(8)10(6-12)11(14)13-7;/h2-5H,6,12H2,1H3,(H,13,14);1H. The molecule has 0 atom stereocenters. The molecule has 0 bridgehead atoms. The Morgan fingerprint density at radius 1 is 1.27 bits per heavy atom. The third-order valence-corrected chi connectivity index (χ3v) is 2.44. The molecule has 0 saturated carbocycles. The van der Waals surface area contributed by atoms with Gasteiger partial charge in [-0.1, -0.05) is 24.3 Å². The number of fused-ring (bicyclic) bond motifs is 1. The quantitative estimate of drug-likeness (QED) is 0.775. The van der Waals surface area contributed by atoms with Crippen molar-refractivity contribution in [1.29, 1.82) is 0 Å². The van der Waals surface area contributed by atoms with Crippen molar-refractivity contribution in [2.75, 3.05) is 0 Å². The molecule has 4 heteroatoms. The van der Waals surface area contributed by atoms with Crippen molar-refractivity contribution < 1.29 is 0 Å². The van der Waals surface area contributed by atoms with E-state index in [4.69, 9.17) is 5.73 Å². The van der Waals surface area contributed by atoms with Crippen molar-refractivity contribution in [2.45, 2.75) is 13.5 Å². The van der Waals surface area contributed by atoms with E-state index in [-0.39, 0.29) is 24.5 Å². The highest BCUT2D eigenvalue weighted by molar-refractivity contribution is 5.87. The zero-order chi connectivity index (χ0) is 10.1. The molecule has 0 saturated heterocycles. The van der Waals surface area contributed by atoms with Crippen LogP contribution in [0.5, 0.6) is 0 Å². The fourth-order valence-corrected chi connectivity index (χ4v) is 1.71. The number of hydrogen-bond donors (Lipinski definition) is 2. The molecule has 0 fully saturated rings. The van der Waals surface area contributed by atoms with E-state index in [1.165, 1.54) is 0 Å². The largest absolute Gasteiger partial charge is 0.326 e. The van der Waals surface area contributed by atoms with Crippen molar-refractivity contribution >= 4 is 23.2 Å². The first kappa shape index (κ1) is 11.8. The molecule has 1 aromatic carbocycles. The van der Waals surface area contributed by atoms with E-state index >= 15 is 0 Å². The number of nitrogens with two attached hydrogens (primary N) is 1. The van der Waals surface area contributed by atoms with Crippen LogP contribution < -0.4 is 11.3 Å². The number of benzene rings is 1. The van der Waals surface area contributed by atoms with Gasteiger partial charge in [-0.3, -0.25) is 4.79 Å². The summed E-state index contributed by atoms with van der Waals surface area (Å²) in [4.78, 5) is 14.3. The summed E-state index contributed by atoms with van der Waals surface area (Å²) in [7, 11) is 0. The van der Waals surface area contributed by atoms with Crippen molar-refractivity contribution in [3.05, 3.63) is 45.9 Å². The highest BCUT2D eigenvalue weighted by Gasteiger charge is 2.05. The summed E-state index contributed by atoms with van der Waals surface area (Å²) in [5.41, 5.74) is 7.02. The van der Waals surface area contributed by atoms with Gasteiger partial charge >= 0.3 is 0 Å². The lowest BCUT2D eigenvalue weighted by Crippen LogP contribution is -2.17. The van der Waals surface area contributed by atoms with E-state index in [1.54, 1.807) is 0 Å². The summed E-state index contributed by atoms with van der Waals surface area (Å²) in [5.74, 6) is 0. The van der Waals surface area contributed by atoms with Crippen molar-refractivity contribution in [1.82, 2.24) is 4.98 Å². The maximum absolute atomic E-state index is 11.5. The van der Waals surface area contributed by atoms with Crippen LogP contribution in [0.25, 0.3) is 10.8 Å². The van der Waals surface area contributed by atoms with Crippen molar-refractivity contribution in [2.24, 2.45) is 5.73 Å². The fourth-order valence-electron chi connectivity index (χ4n) is 1.71. The molecule has 0 spiro atoms. The highest BCUT2D eigenvalue weighted by atomic mass is 35.5. The third kappa shape index (κ3) is 1.89. The second-order valence-electron chi connectivity index (χ2n) is 3.31. The second kappa shape index (κ2) is 4.47. The molecule has 0 aliphatic carbocycles. The maximum atomic E-state index is 11.5. The van der Waals surface area contributed by atoms with Gasteiger partial charge in [-0.25, -0.2) is 0 Å². The highest BCUT2D eigenvalue weighted by Crippen LogP contribution is 2.17. The van der Waals surface area contributed by atoms with Gasteiger partial charge < -0.3 is 10.7 Å². The molecule has 0 aliphatic rings. The minimum absolute atomic E-state index is 0. The minimum atomic E-state index is -0.0799. The summed E-state index contributed by atoms with van der Waals surface area (Å²) >= 11 is 0. The Hall–Kier alpha value is -1.32. The Labute approximate surface area is 93.7 Å². The fraction of sp³-hybridized carbons (Fsp3) is 0.182. The van der Waals surface area contributed by atoms with E-state index in [0.717, 1.165) is 16.5 Å². The molecule has 3 nitrogen and oxygen atoms in total. The Balaban J connectivity index is 0.00000112. The Morgan fingerprint density at radius 3 is 2.47 bits per heavy atom. The number of H-pyrrole nitrogens is 1. The molecule has 80 valence electrons. The van der Waals surface area contributed by atoms with Gasteiger partial charge in [-0.2, -0.15) is 0 Å². The summed E-state index contributed by atoms with van der Waals surface area (Å²) in [6.45, 7) is 2.17. The number of nitrogens with one attached hydrogen (secondary N) is 1. The van der Waals surface area contributed by atoms with Crippen LogP contribution in [0.2, 0.25) is 0 Å². The van der Waals surface area contributed by atoms with Crippen molar-refractivity contribution in [3.8, 4) is 0 Å². The summed E-state index contributed by atoms with van der Waals surface area (Å²) < 4.78 is 0. The van der Waals surface area contributed by atoms with E-state index in [9.17, 15) is 4.79 Å².